The van der Waals surface area contributed by atoms with Gasteiger partial charge < -0.3 is 12.4 Å². The second-order valence-corrected chi connectivity index (χ2v) is 0. The standard InChI is InChI=1S/C2H5.H2O.Zn/c1-2;;/h1H2,2H3;1H2;/q-1;;+2/p-1. The van der Waals surface area contributed by atoms with Crippen molar-refractivity contribution < 1.29 is 25.0 Å². The Morgan fingerprint density at radius 2 is 1.25 bits per heavy atom. The van der Waals surface area contributed by atoms with Gasteiger partial charge in [-0.15, -0.1) is 0 Å². The molecule has 0 aromatic carbocycles. The largest absolute Gasteiger partial charge is 2.00 e. The molecule has 2 heteroatoms. The van der Waals surface area contributed by atoms with Gasteiger partial charge in [-0.3, -0.25) is 0 Å². The van der Waals surface area contributed by atoms with Crippen molar-refractivity contribution in [2.24, 2.45) is 0 Å². The first-order chi connectivity index (χ1) is 1.00. The molecule has 0 aliphatic rings. The van der Waals surface area contributed by atoms with Crippen LogP contribution in [-0.4, -0.2) is 5.48 Å². The quantitative estimate of drug-likeness (QED) is 0.334. The van der Waals surface area contributed by atoms with E-state index in [4.69, 9.17) is 0 Å². The van der Waals surface area contributed by atoms with Crippen LogP contribution in [0.4, 0.5) is 0 Å². The molecule has 0 aliphatic heterocycles. The predicted octanol–water partition coefficient (Wildman–Crippen LogP) is 0.661. The van der Waals surface area contributed by atoms with Crippen molar-refractivity contribution in [3.63, 3.8) is 0 Å². The van der Waals surface area contributed by atoms with Crippen LogP contribution in [0.2, 0.25) is 0 Å². The summed E-state index contributed by atoms with van der Waals surface area (Å²) in [5.41, 5.74) is 0. The molecule has 0 fully saturated rings. The molecule has 0 saturated carbocycles. The fraction of sp³-hybridized carbons (Fsp3) is 0.500. The first kappa shape index (κ1) is 23.5. The van der Waals surface area contributed by atoms with Crippen LogP contribution >= 0.6 is 0 Å². The maximum absolute atomic E-state index is 3.25. The minimum atomic E-state index is 0. The van der Waals surface area contributed by atoms with Gasteiger partial charge in [0.1, 0.15) is 0 Å². The third-order valence-electron chi connectivity index (χ3n) is 0. The molecule has 0 unspecified atom stereocenters. The summed E-state index contributed by atoms with van der Waals surface area (Å²) in [7, 11) is 0. The number of hydrogen-bond donors (Lipinski definition) is 0. The van der Waals surface area contributed by atoms with E-state index in [0.29, 0.717) is 0 Å². The third-order valence-corrected chi connectivity index (χ3v) is 0. The number of hydrogen-bond acceptors (Lipinski definition) is 1. The monoisotopic (exact) mass is 110 g/mol. The molecule has 1 nitrogen and oxygen atoms in total. The van der Waals surface area contributed by atoms with Crippen LogP contribution in [0.5, 0.6) is 0 Å². The second-order valence-electron chi connectivity index (χ2n) is 0. The average molecular weight is 111 g/mol. The van der Waals surface area contributed by atoms with E-state index >= 15 is 0 Å². The fourth-order valence-corrected chi connectivity index (χ4v) is 0. The molecule has 0 saturated heterocycles. The summed E-state index contributed by atoms with van der Waals surface area (Å²) in [4.78, 5) is 0. The predicted molar refractivity (Wildman–Crippen MR) is 13.0 cm³/mol. The summed E-state index contributed by atoms with van der Waals surface area (Å²) in [5.74, 6) is 0. The molecule has 1 N–H and O–H groups in total. The van der Waals surface area contributed by atoms with Gasteiger partial charge >= 0.3 is 19.5 Å². The molecular formula is C2H6OZn. The zero-order valence-electron chi connectivity index (χ0n) is 2.86. The molecule has 22 valence electrons. The summed E-state index contributed by atoms with van der Waals surface area (Å²) in [6, 6.07) is 0. The molecule has 0 aromatic rings. The Hall–Kier alpha value is 0.583. The summed E-state index contributed by atoms with van der Waals surface area (Å²) in [5, 5.41) is 0. The van der Waals surface area contributed by atoms with Gasteiger partial charge in [0.05, 0.1) is 0 Å². The van der Waals surface area contributed by atoms with E-state index in [9.17, 15) is 0 Å². The molecule has 0 radical (unpaired) electrons. The molecule has 4 heavy (non-hydrogen) atoms. The Bertz CT molecular complexity index is 6.00. The third kappa shape index (κ3) is 19.0. The molecule has 0 rings (SSSR count). The van der Waals surface area contributed by atoms with E-state index in [-0.39, 0.29) is 25.0 Å². The van der Waals surface area contributed by atoms with Crippen LogP contribution < -0.4 is 0 Å². The van der Waals surface area contributed by atoms with E-state index < -0.39 is 0 Å². The average Bonchev–Trinajstić information content (AvgIpc) is 1.00. The van der Waals surface area contributed by atoms with Crippen LogP contribution in [0.15, 0.2) is 0 Å². The van der Waals surface area contributed by atoms with E-state index in [1.807, 2.05) is 0 Å². The molecule has 0 atom stereocenters. The van der Waals surface area contributed by atoms with Gasteiger partial charge in [0.25, 0.3) is 0 Å². The van der Waals surface area contributed by atoms with Crippen LogP contribution in [0, 0.1) is 6.92 Å². The second kappa shape index (κ2) is 70.3. The molecule has 0 spiro atoms. The Morgan fingerprint density at radius 3 is 1.25 bits per heavy atom. The molecule has 0 amide bonds. The van der Waals surface area contributed by atoms with Crippen molar-refractivity contribution >= 4 is 0 Å². The minimum absolute atomic E-state index is 0. The summed E-state index contributed by atoms with van der Waals surface area (Å²) in [6.45, 7) is 5.00. The van der Waals surface area contributed by atoms with Crippen molar-refractivity contribution in [3.05, 3.63) is 6.92 Å². The summed E-state index contributed by atoms with van der Waals surface area (Å²) >= 11 is 0. The zero-order valence-corrected chi connectivity index (χ0v) is 5.83. The van der Waals surface area contributed by atoms with Gasteiger partial charge in [0.15, 0.2) is 0 Å². The minimum Gasteiger partial charge on any atom is -0.870 e. The topological polar surface area (TPSA) is 30.0 Å². The van der Waals surface area contributed by atoms with Gasteiger partial charge in [0.2, 0.25) is 0 Å². The molecule has 0 heterocycles. The first-order valence-corrected chi connectivity index (χ1v) is 0.707. The molecule has 0 aliphatic carbocycles. The van der Waals surface area contributed by atoms with Crippen LogP contribution in [0.3, 0.4) is 0 Å². The van der Waals surface area contributed by atoms with Crippen molar-refractivity contribution in [1.29, 1.82) is 0 Å². The maximum Gasteiger partial charge on any atom is 2.00 e. The van der Waals surface area contributed by atoms with Gasteiger partial charge in [-0.25, -0.2) is 0 Å². The van der Waals surface area contributed by atoms with Crippen molar-refractivity contribution in [2.45, 2.75) is 6.92 Å². The van der Waals surface area contributed by atoms with Crippen molar-refractivity contribution in [1.82, 2.24) is 0 Å². The zero-order chi connectivity index (χ0) is 2.00. The Morgan fingerprint density at radius 1 is 1.25 bits per heavy atom. The van der Waals surface area contributed by atoms with Crippen molar-refractivity contribution in [2.75, 3.05) is 0 Å². The van der Waals surface area contributed by atoms with Gasteiger partial charge in [-0.1, -0.05) is 0 Å². The summed E-state index contributed by atoms with van der Waals surface area (Å²) < 4.78 is 0. The Labute approximate surface area is 39.5 Å². The van der Waals surface area contributed by atoms with Gasteiger partial charge in [0, 0.05) is 0 Å². The first-order valence-electron chi connectivity index (χ1n) is 0.707. The Kier molecular flexibility index (Phi) is 412. The molecule has 0 bridgehead atoms. The van der Waals surface area contributed by atoms with E-state index in [1.54, 1.807) is 6.92 Å². The van der Waals surface area contributed by atoms with Crippen molar-refractivity contribution in [3.8, 4) is 0 Å². The van der Waals surface area contributed by atoms with Crippen LogP contribution in [0.25, 0.3) is 0 Å². The number of rotatable bonds is 0. The Balaban J connectivity index is -0.00000000500. The smallest absolute Gasteiger partial charge is 0.870 e. The normalized spacial score (nSPS) is 1.50. The van der Waals surface area contributed by atoms with Gasteiger partial charge in [-0.2, -0.15) is 6.92 Å². The summed E-state index contributed by atoms with van der Waals surface area (Å²) in [6.07, 6.45) is 0. The van der Waals surface area contributed by atoms with E-state index in [0.717, 1.165) is 0 Å². The van der Waals surface area contributed by atoms with Crippen LogP contribution in [0.1, 0.15) is 6.92 Å². The fourth-order valence-electron chi connectivity index (χ4n) is 0. The maximum atomic E-state index is 3.25. The van der Waals surface area contributed by atoms with Gasteiger partial charge in [-0.05, 0) is 0 Å². The SMILES string of the molecule is [CH2-]C.[OH-].[Zn+2]. The van der Waals surface area contributed by atoms with E-state index in [1.165, 1.54) is 0 Å². The molecular weight excluding hydrogens is 105 g/mol. The van der Waals surface area contributed by atoms with Crippen LogP contribution in [-0.2, 0) is 19.5 Å². The van der Waals surface area contributed by atoms with E-state index in [2.05, 4.69) is 6.92 Å². The molecule has 0 aromatic heterocycles.